The zero-order valence-electron chi connectivity index (χ0n) is 17.4. The molecule has 1 amide bonds. The second-order valence-corrected chi connectivity index (χ2v) is 9.16. The van der Waals surface area contributed by atoms with Gasteiger partial charge in [-0.1, -0.05) is 30.3 Å². The number of hydrogen-bond acceptors (Lipinski definition) is 7. The first-order valence-electron chi connectivity index (χ1n) is 10.1. The van der Waals surface area contributed by atoms with Crippen LogP contribution in [0.15, 0.2) is 64.6 Å². The average molecular weight is 465 g/mol. The molecule has 0 radical (unpaired) electrons. The molecule has 3 aromatic carbocycles. The minimum Gasteiger partial charge on any atom is -0.507 e. The van der Waals surface area contributed by atoms with Gasteiger partial charge in [0, 0.05) is 29.6 Å². The Bertz CT molecular complexity index is 1390. The largest absolute Gasteiger partial charge is 0.507 e. The maximum Gasteiger partial charge on any atom is 0.271 e. The third kappa shape index (κ3) is 4.56. The minimum atomic E-state index is -3.69. The molecule has 1 fully saturated rings. The molecule has 1 heterocycles. The topological polar surface area (TPSA) is 132 Å². The Labute approximate surface area is 190 Å². The molecular weight excluding hydrogens is 444 g/mol. The SMILES string of the molecule is N#Cc1cc(C(=O)NN=Cc2ccc(S(=O)(=O)N3CCOCC3)c3ccccc23)ccc1O. The molecule has 1 aliphatic rings. The molecule has 3 aromatic rings. The summed E-state index contributed by atoms with van der Waals surface area (Å²) in [6.07, 6.45) is 1.43. The Balaban J connectivity index is 1.61. The zero-order valence-corrected chi connectivity index (χ0v) is 18.2. The van der Waals surface area contributed by atoms with Gasteiger partial charge in [-0.3, -0.25) is 4.79 Å². The molecule has 4 rings (SSSR count). The smallest absolute Gasteiger partial charge is 0.271 e. The van der Waals surface area contributed by atoms with Gasteiger partial charge < -0.3 is 9.84 Å². The summed E-state index contributed by atoms with van der Waals surface area (Å²) < 4.78 is 33.1. The highest BCUT2D eigenvalue weighted by atomic mass is 32.2. The van der Waals surface area contributed by atoms with Gasteiger partial charge in [0.25, 0.3) is 5.91 Å². The Morgan fingerprint density at radius 2 is 1.85 bits per heavy atom. The fourth-order valence-electron chi connectivity index (χ4n) is 3.55. The second-order valence-electron chi connectivity index (χ2n) is 7.26. The predicted molar refractivity (Wildman–Crippen MR) is 121 cm³/mol. The van der Waals surface area contributed by atoms with E-state index in [1.54, 1.807) is 36.4 Å². The van der Waals surface area contributed by atoms with Crippen molar-refractivity contribution >= 4 is 32.9 Å². The minimum absolute atomic E-state index is 0.0188. The lowest BCUT2D eigenvalue weighted by Gasteiger charge is -2.26. The molecule has 0 aliphatic carbocycles. The zero-order chi connectivity index (χ0) is 23.4. The summed E-state index contributed by atoms with van der Waals surface area (Å²) in [6.45, 7) is 1.32. The molecule has 0 bridgehead atoms. The van der Waals surface area contributed by atoms with Crippen molar-refractivity contribution in [1.29, 1.82) is 5.26 Å². The Hall–Kier alpha value is -3.78. The summed E-state index contributed by atoms with van der Waals surface area (Å²) in [4.78, 5) is 12.5. The molecule has 1 saturated heterocycles. The van der Waals surface area contributed by atoms with E-state index in [-0.39, 0.29) is 21.8 Å². The average Bonchev–Trinajstić information content (AvgIpc) is 2.84. The number of aromatic hydroxyl groups is 1. The monoisotopic (exact) mass is 464 g/mol. The van der Waals surface area contributed by atoms with Crippen LogP contribution in [0.2, 0.25) is 0 Å². The number of carbonyl (C=O) groups is 1. The van der Waals surface area contributed by atoms with Gasteiger partial charge in [-0.2, -0.15) is 14.7 Å². The number of nitrogens with one attached hydrogen (secondary N) is 1. The third-order valence-electron chi connectivity index (χ3n) is 5.25. The van der Waals surface area contributed by atoms with Gasteiger partial charge in [0.15, 0.2) is 0 Å². The lowest BCUT2D eigenvalue weighted by atomic mass is 10.1. The van der Waals surface area contributed by atoms with Crippen molar-refractivity contribution in [3.05, 3.63) is 71.3 Å². The van der Waals surface area contributed by atoms with Crippen LogP contribution in [-0.2, 0) is 14.8 Å². The number of rotatable bonds is 5. The number of morpholine rings is 1. The quantitative estimate of drug-likeness (QED) is 0.439. The number of phenolic OH excluding ortho intramolecular Hbond substituents is 1. The standard InChI is InChI=1S/C23H20N4O5S/c24-14-18-13-16(5-7-21(18)28)23(29)26-25-15-17-6-8-22(20-4-2-1-3-19(17)20)33(30,31)27-9-11-32-12-10-27/h1-8,13,15,28H,9-12H2,(H,26,29). The molecule has 0 atom stereocenters. The molecule has 2 N–H and O–H groups in total. The van der Waals surface area contributed by atoms with Gasteiger partial charge in [-0.15, -0.1) is 0 Å². The highest BCUT2D eigenvalue weighted by Crippen LogP contribution is 2.28. The lowest BCUT2D eigenvalue weighted by Crippen LogP contribution is -2.40. The maximum atomic E-state index is 13.2. The lowest BCUT2D eigenvalue weighted by molar-refractivity contribution is 0.0730. The molecular formula is C23H20N4O5S. The first kappa shape index (κ1) is 22.4. The van der Waals surface area contributed by atoms with Gasteiger partial charge in [-0.05, 0) is 29.7 Å². The van der Waals surface area contributed by atoms with Crippen LogP contribution in [0.5, 0.6) is 5.75 Å². The van der Waals surface area contributed by atoms with E-state index < -0.39 is 15.9 Å². The first-order valence-corrected chi connectivity index (χ1v) is 11.5. The first-order chi connectivity index (χ1) is 15.9. The maximum absolute atomic E-state index is 13.2. The van der Waals surface area contributed by atoms with Crippen molar-refractivity contribution in [2.45, 2.75) is 4.90 Å². The molecule has 0 unspecified atom stereocenters. The summed E-state index contributed by atoms with van der Waals surface area (Å²) in [7, 11) is -3.69. The fraction of sp³-hybridized carbons (Fsp3) is 0.174. The highest BCUT2D eigenvalue weighted by Gasteiger charge is 2.28. The van der Waals surface area contributed by atoms with Crippen molar-refractivity contribution < 1.29 is 23.1 Å². The van der Waals surface area contributed by atoms with Crippen LogP contribution in [-0.4, -0.2) is 56.3 Å². The number of nitriles is 1. The van der Waals surface area contributed by atoms with E-state index in [2.05, 4.69) is 10.5 Å². The number of benzene rings is 3. The van der Waals surface area contributed by atoms with Gasteiger partial charge >= 0.3 is 0 Å². The molecule has 168 valence electrons. The Morgan fingerprint density at radius 1 is 1.12 bits per heavy atom. The number of hydrogen-bond donors (Lipinski definition) is 2. The van der Waals surface area contributed by atoms with E-state index >= 15 is 0 Å². The van der Waals surface area contributed by atoms with E-state index in [1.807, 2.05) is 0 Å². The Morgan fingerprint density at radius 3 is 2.58 bits per heavy atom. The van der Waals surface area contributed by atoms with E-state index in [0.29, 0.717) is 42.6 Å². The summed E-state index contributed by atoms with van der Waals surface area (Å²) in [5.41, 5.74) is 3.15. The third-order valence-corrected chi connectivity index (χ3v) is 7.21. The van der Waals surface area contributed by atoms with E-state index in [1.165, 1.54) is 34.8 Å². The van der Waals surface area contributed by atoms with Crippen molar-refractivity contribution in [1.82, 2.24) is 9.73 Å². The van der Waals surface area contributed by atoms with E-state index in [4.69, 9.17) is 10.00 Å². The highest BCUT2D eigenvalue weighted by molar-refractivity contribution is 7.89. The number of carbonyl (C=O) groups excluding carboxylic acids is 1. The number of phenols is 1. The van der Waals surface area contributed by atoms with Gasteiger partial charge in [0.2, 0.25) is 10.0 Å². The van der Waals surface area contributed by atoms with Crippen LogP contribution in [0.3, 0.4) is 0 Å². The summed E-state index contributed by atoms with van der Waals surface area (Å²) in [5, 5.41) is 23.8. The number of ether oxygens (including phenoxy) is 1. The summed E-state index contributed by atoms with van der Waals surface area (Å²) in [6, 6.07) is 16.0. The molecule has 0 spiro atoms. The number of amides is 1. The van der Waals surface area contributed by atoms with E-state index in [9.17, 15) is 18.3 Å². The van der Waals surface area contributed by atoms with E-state index in [0.717, 1.165) is 0 Å². The summed E-state index contributed by atoms with van der Waals surface area (Å²) in [5.74, 6) is -0.769. The Kier molecular flexibility index (Phi) is 6.37. The number of hydrazone groups is 1. The van der Waals surface area contributed by atoms with Crippen molar-refractivity contribution in [3.8, 4) is 11.8 Å². The normalized spacial score (nSPS) is 14.9. The van der Waals surface area contributed by atoms with Crippen LogP contribution in [0, 0.1) is 11.3 Å². The fourth-order valence-corrected chi connectivity index (χ4v) is 5.15. The molecule has 1 aliphatic heterocycles. The number of sulfonamides is 1. The second kappa shape index (κ2) is 9.38. The molecule has 0 aromatic heterocycles. The van der Waals surface area contributed by atoms with Gasteiger partial charge in [0.05, 0.1) is 29.9 Å². The number of fused-ring (bicyclic) bond motifs is 1. The molecule has 10 heteroatoms. The van der Waals surface area contributed by atoms with Crippen molar-refractivity contribution in [3.63, 3.8) is 0 Å². The van der Waals surface area contributed by atoms with Crippen molar-refractivity contribution in [2.75, 3.05) is 26.3 Å². The van der Waals surface area contributed by atoms with Crippen LogP contribution in [0.1, 0.15) is 21.5 Å². The predicted octanol–water partition coefficient (Wildman–Crippen LogP) is 2.20. The van der Waals surface area contributed by atoms with Gasteiger partial charge in [0.1, 0.15) is 11.8 Å². The van der Waals surface area contributed by atoms with Crippen LogP contribution >= 0.6 is 0 Å². The number of nitrogens with zero attached hydrogens (tertiary/aromatic N) is 3. The van der Waals surface area contributed by atoms with Crippen LogP contribution in [0.25, 0.3) is 10.8 Å². The van der Waals surface area contributed by atoms with Crippen LogP contribution in [0.4, 0.5) is 0 Å². The van der Waals surface area contributed by atoms with Crippen LogP contribution < -0.4 is 5.43 Å². The molecule has 33 heavy (non-hydrogen) atoms. The molecule has 0 saturated carbocycles. The van der Waals surface area contributed by atoms with Gasteiger partial charge in [-0.25, -0.2) is 13.8 Å². The van der Waals surface area contributed by atoms with Crippen molar-refractivity contribution in [2.24, 2.45) is 5.10 Å². The summed E-state index contributed by atoms with van der Waals surface area (Å²) >= 11 is 0. The molecule has 9 nitrogen and oxygen atoms in total.